The molecule has 164 valence electrons. The Labute approximate surface area is 184 Å². The number of benzene rings is 2. The molecule has 0 unspecified atom stereocenters. The molecule has 6 nitrogen and oxygen atoms in total. The molecule has 2 aromatic carbocycles. The summed E-state index contributed by atoms with van der Waals surface area (Å²) in [5, 5.41) is 1.83. The van der Waals surface area contributed by atoms with Crippen molar-refractivity contribution in [2.75, 3.05) is 7.11 Å². The third kappa shape index (κ3) is 5.07. The van der Waals surface area contributed by atoms with Gasteiger partial charge < -0.3 is 18.9 Å². The van der Waals surface area contributed by atoms with Gasteiger partial charge in [0, 0.05) is 6.07 Å². The van der Waals surface area contributed by atoms with Gasteiger partial charge in [0.15, 0.2) is 0 Å². The van der Waals surface area contributed by atoms with Gasteiger partial charge >= 0.3 is 15.9 Å². The number of nitrogens with zero attached hydrogens (tertiary/aromatic N) is 1. The Morgan fingerprint density at radius 3 is 1.84 bits per heavy atom. The molecule has 0 aliphatic rings. The van der Waals surface area contributed by atoms with Gasteiger partial charge in [-0.15, -0.1) is 0 Å². The molecule has 0 spiro atoms. The van der Waals surface area contributed by atoms with E-state index in [4.69, 9.17) is 9.16 Å². The van der Waals surface area contributed by atoms with Crippen molar-refractivity contribution in [1.82, 2.24) is 4.98 Å². The van der Waals surface area contributed by atoms with Gasteiger partial charge in [-0.2, -0.15) is 0 Å². The lowest BCUT2D eigenvalue weighted by Crippen LogP contribution is -2.68. The SMILES string of the molecule is COc1ccc(O[Si](c2ccccc2)(c2ccccc2)C(C)(C)C)c(CP(=O)(O)O)n1. The van der Waals surface area contributed by atoms with E-state index < -0.39 is 22.1 Å². The van der Waals surface area contributed by atoms with Crippen molar-refractivity contribution < 1.29 is 23.5 Å². The summed E-state index contributed by atoms with van der Waals surface area (Å²) in [5.74, 6) is 0.636. The van der Waals surface area contributed by atoms with E-state index in [1.54, 1.807) is 12.1 Å². The maximum absolute atomic E-state index is 11.8. The first-order valence-electron chi connectivity index (χ1n) is 9.95. The van der Waals surface area contributed by atoms with Crippen LogP contribution in [0.25, 0.3) is 0 Å². The second-order valence-electron chi connectivity index (χ2n) is 8.39. The van der Waals surface area contributed by atoms with Crippen LogP contribution in [0.2, 0.25) is 5.04 Å². The summed E-state index contributed by atoms with van der Waals surface area (Å²) < 4.78 is 23.9. The number of methoxy groups -OCH3 is 1. The predicted octanol–water partition coefficient (Wildman–Crippen LogP) is 3.71. The van der Waals surface area contributed by atoms with Crippen molar-refractivity contribution in [3.8, 4) is 11.6 Å². The van der Waals surface area contributed by atoms with Crippen LogP contribution in [0.3, 0.4) is 0 Å². The highest BCUT2D eigenvalue weighted by Crippen LogP contribution is 2.43. The quantitative estimate of drug-likeness (QED) is 0.415. The van der Waals surface area contributed by atoms with Crippen LogP contribution in [-0.2, 0) is 10.7 Å². The maximum atomic E-state index is 11.8. The lowest BCUT2D eigenvalue weighted by atomic mass is 10.2. The second-order valence-corrected chi connectivity index (χ2v) is 14.3. The highest BCUT2D eigenvalue weighted by molar-refractivity contribution is 7.50. The Bertz CT molecular complexity index is 1020. The average Bonchev–Trinajstić information content (AvgIpc) is 2.72. The van der Waals surface area contributed by atoms with Gasteiger partial charge in [0.05, 0.1) is 19.0 Å². The van der Waals surface area contributed by atoms with Crippen molar-refractivity contribution in [2.24, 2.45) is 0 Å². The molecule has 8 heteroatoms. The highest BCUT2D eigenvalue weighted by Gasteiger charge is 2.52. The zero-order valence-corrected chi connectivity index (χ0v) is 20.0. The van der Waals surface area contributed by atoms with Gasteiger partial charge in [0.25, 0.3) is 0 Å². The van der Waals surface area contributed by atoms with Crippen LogP contribution >= 0.6 is 7.60 Å². The van der Waals surface area contributed by atoms with E-state index in [-0.39, 0.29) is 16.6 Å². The Morgan fingerprint density at radius 1 is 0.903 bits per heavy atom. The van der Waals surface area contributed by atoms with Crippen molar-refractivity contribution in [3.63, 3.8) is 0 Å². The Morgan fingerprint density at radius 2 is 1.42 bits per heavy atom. The fraction of sp³-hybridized carbons (Fsp3) is 0.261. The minimum atomic E-state index is -4.38. The van der Waals surface area contributed by atoms with E-state index in [0.717, 1.165) is 10.4 Å². The van der Waals surface area contributed by atoms with Gasteiger partial charge in [-0.05, 0) is 21.5 Å². The number of rotatable bonds is 7. The van der Waals surface area contributed by atoms with E-state index in [9.17, 15) is 14.4 Å². The van der Waals surface area contributed by atoms with E-state index in [2.05, 4.69) is 50.0 Å². The van der Waals surface area contributed by atoms with Gasteiger partial charge in [0.1, 0.15) is 5.75 Å². The largest absolute Gasteiger partial charge is 0.533 e. The summed E-state index contributed by atoms with van der Waals surface area (Å²) >= 11 is 0. The fourth-order valence-corrected chi connectivity index (χ4v) is 8.86. The van der Waals surface area contributed by atoms with Crippen molar-refractivity contribution in [2.45, 2.75) is 32.0 Å². The molecular weight excluding hydrogens is 429 g/mol. The molecule has 1 aromatic heterocycles. The van der Waals surface area contributed by atoms with Gasteiger partial charge in [0.2, 0.25) is 5.88 Å². The molecule has 2 N–H and O–H groups in total. The van der Waals surface area contributed by atoms with Crippen LogP contribution in [0.15, 0.2) is 72.8 Å². The van der Waals surface area contributed by atoms with Crippen LogP contribution < -0.4 is 19.5 Å². The first kappa shape index (κ1) is 23.2. The van der Waals surface area contributed by atoms with Gasteiger partial charge in [-0.25, -0.2) is 4.98 Å². The number of hydrogen-bond acceptors (Lipinski definition) is 4. The zero-order chi connectivity index (χ0) is 22.7. The van der Waals surface area contributed by atoms with Gasteiger partial charge in [-0.3, -0.25) is 4.57 Å². The minimum Gasteiger partial charge on any atom is -0.533 e. The number of ether oxygens (including phenoxy) is 1. The summed E-state index contributed by atoms with van der Waals surface area (Å²) in [4.78, 5) is 23.6. The Balaban J connectivity index is 2.27. The summed E-state index contributed by atoms with van der Waals surface area (Å²) in [6.07, 6.45) is -0.530. The third-order valence-corrected chi connectivity index (χ3v) is 10.8. The number of pyridine rings is 1. The van der Waals surface area contributed by atoms with Crippen LogP contribution in [-0.4, -0.2) is 30.2 Å². The van der Waals surface area contributed by atoms with Crippen molar-refractivity contribution in [1.29, 1.82) is 0 Å². The lowest BCUT2D eigenvalue weighted by Gasteiger charge is -2.43. The Kier molecular flexibility index (Phi) is 6.72. The molecule has 0 aliphatic carbocycles. The number of hydrogen-bond donors (Lipinski definition) is 2. The molecule has 0 amide bonds. The molecule has 31 heavy (non-hydrogen) atoms. The van der Waals surface area contributed by atoms with E-state index >= 15 is 0 Å². The summed E-state index contributed by atoms with van der Waals surface area (Å²) in [5.41, 5.74) is 0.181. The first-order valence-corrected chi connectivity index (χ1v) is 13.7. The van der Waals surface area contributed by atoms with Gasteiger partial charge in [-0.1, -0.05) is 81.4 Å². The molecule has 0 saturated heterocycles. The van der Waals surface area contributed by atoms with E-state index in [1.807, 2.05) is 36.4 Å². The molecule has 0 aliphatic heterocycles. The molecule has 3 rings (SSSR count). The van der Waals surface area contributed by atoms with Crippen molar-refractivity contribution >= 4 is 26.3 Å². The topological polar surface area (TPSA) is 88.9 Å². The molecule has 0 fully saturated rings. The van der Waals surface area contributed by atoms with E-state index in [0.29, 0.717) is 5.75 Å². The summed E-state index contributed by atoms with van der Waals surface area (Å²) in [6.45, 7) is 6.41. The zero-order valence-electron chi connectivity index (χ0n) is 18.1. The normalized spacial score (nSPS) is 12.5. The average molecular weight is 458 g/mol. The van der Waals surface area contributed by atoms with Crippen molar-refractivity contribution in [3.05, 3.63) is 78.5 Å². The van der Waals surface area contributed by atoms with Crippen LogP contribution in [0.1, 0.15) is 26.5 Å². The smallest absolute Gasteiger partial charge is 0.331 e. The lowest BCUT2D eigenvalue weighted by molar-refractivity contribution is 0.368. The maximum Gasteiger partial charge on any atom is 0.331 e. The summed E-state index contributed by atoms with van der Waals surface area (Å²) in [7, 11) is -5.87. The van der Waals surface area contributed by atoms with Crippen LogP contribution in [0.4, 0.5) is 0 Å². The second kappa shape index (κ2) is 8.97. The van der Waals surface area contributed by atoms with Crippen LogP contribution in [0.5, 0.6) is 11.6 Å². The molecule has 0 radical (unpaired) electrons. The predicted molar refractivity (Wildman–Crippen MR) is 125 cm³/mol. The Hall–Kier alpha value is -2.44. The standard InChI is InChI=1S/C23H28NO5PSi/c1-23(2,3)31(18-11-7-5-8-12-18,19-13-9-6-10-14-19)29-21-15-16-22(28-4)24-20(21)17-30(25,26)27/h5-16H,17H2,1-4H3,(H2,25,26,27). The summed E-state index contributed by atoms with van der Waals surface area (Å²) in [6, 6.07) is 23.4. The fourth-order valence-electron chi connectivity index (χ4n) is 3.80. The first-order chi connectivity index (χ1) is 14.6. The number of aromatic nitrogens is 1. The molecule has 1 heterocycles. The third-order valence-electron chi connectivity index (χ3n) is 5.15. The monoisotopic (exact) mass is 457 g/mol. The molecule has 3 aromatic rings. The molecule has 0 atom stereocenters. The minimum absolute atomic E-state index is 0.181. The highest BCUT2D eigenvalue weighted by atomic mass is 31.2. The van der Waals surface area contributed by atoms with Crippen LogP contribution in [0, 0.1) is 0 Å². The molecular formula is C23H28NO5PSi. The molecule has 0 saturated carbocycles. The molecule has 0 bridgehead atoms. The van der Waals surface area contributed by atoms with E-state index in [1.165, 1.54) is 7.11 Å².